The minimum atomic E-state index is -0.444. The van der Waals surface area contributed by atoms with Crippen molar-refractivity contribution in [3.05, 3.63) is 18.3 Å². The summed E-state index contributed by atoms with van der Waals surface area (Å²) in [7, 11) is 0. The molecule has 0 bridgehead atoms. The molecule has 5 heteroatoms. The molecule has 1 atom stereocenters. The van der Waals surface area contributed by atoms with Gasteiger partial charge in [-0.1, -0.05) is 0 Å². The molecular weight excluding hydrogens is 254 g/mol. The molecule has 0 aliphatic carbocycles. The number of amides is 1. The summed E-state index contributed by atoms with van der Waals surface area (Å²) in [5.74, 6) is 0.894. The summed E-state index contributed by atoms with van der Waals surface area (Å²) in [5.41, 5.74) is 0.710. The molecule has 0 radical (unpaired) electrons. The first-order valence-corrected chi connectivity index (χ1v) is 7.34. The molecule has 2 N–H and O–H groups in total. The third-order valence-electron chi connectivity index (χ3n) is 3.50. The van der Waals surface area contributed by atoms with Gasteiger partial charge in [0.05, 0.1) is 18.0 Å². The number of nitrogens with one attached hydrogen (secondary N) is 1. The minimum absolute atomic E-state index is 0.0848. The van der Waals surface area contributed by atoms with Crippen molar-refractivity contribution in [2.24, 2.45) is 0 Å². The van der Waals surface area contributed by atoms with E-state index in [0.717, 1.165) is 18.9 Å². The van der Waals surface area contributed by atoms with E-state index in [0.29, 0.717) is 18.5 Å². The molecule has 1 aromatic heterocycles. The second-order valence-electron chi connectivity index (χ2n) is 5.39. The van der Waals surface area contributed by atoms with Gasteiger partial charge in [0.25, 0.3) is 0 Å². The summed E-state index contributed by atoms with van der Waals surface area (Å²) in [6.45, 7) is 3.81. The molecule has 20 heavy (non-hydrogen) atoms. The number of carbonyl (C=O) groups is 1. The number of nitrogens with zero attached hydrogens (tertiary/aromatic N) is 2. The van der Waals surface area contributed by atoms with Crippen LogP contribution in [0.5, 0.6) is 0 Å². The molecule has 1 unspecified atom stereocenters. The standard InChI is InChI=1S/C15H23N3O2/c1-12(19)5-8-15(20)17-13-6-7-14(16-11-13)18-9-3-2-4-10-18/h6-7,11-12,19H,2-5,8-10H2,1H3,(H,17,20). The van der Waals surface area contributed by atoms with Gasteiger partial charge in [0.15, 0.2) is 0 Å². The second kappa shape index (κ2) is 7.24. The number of anilines is 2. The van der Waals surface area contributed by atoms with Crippen molar-refractivity contribution in [1.82, 2.24) is 4.98 Å². The first-order valence-electron chi connectivity index (χ1n) is 7.34. The molecule has 1 saturated heterocycles. The van der Waals surface area contributed by atoms with E-state index in [2.05, 4.69) is 15.2 Å². The zero-order valence-corrected chi connectivity index (χ0v) is 12.0. The molecule has 1 aliphatic heterocycles. The fourth-order valence-corrected chi connectivity index (χ4v) is 2.33. The van der Waals surface area contributed by atoms with Gasteiger partial charge >= 0.3 is 0 Å². The van der Waals surface area contributed by atoms with Crippen molar-refractivity contribution < 1.29 is 9.90 Å². The smallest absolute Gasteiger partial charge is 0.224 e. The summed E-state index contributed by atoms with van der Waals surface area (Å²) in [5, 5.41) is 11.9. The van der Waals surface area contributed by atoms with Crippen LogP contribution in [0.25, 0.3) is 0 Å². The van der Waals surface area contributed by atoms with Crippen LogP contribution in [0.1, 0.15) is 39.0 Å². The largest absolute Gasteiger partial charge is 0.393 e. The van der Waals surface area contributed by atoms with E-state index in [4.69, 9.17) is 5.11 Å². The van der Waals surface area contributed by atoms with E-state index < -0.39 is 6.10 Å². The van der Waals surface area contributed by atoms with Gasteiger partial charge in [-0.05, 0) is 44.7 Å². The van der Waals surface area contributed by atoms with Crippen LogP contribution in [0.2, 0.25) is 0 Å². The lowest BCUT2D eigenvalue weighted by Gasteiger charge is -2.27. The van der Waals surface area contributed by atoms with E-state index >= 15 is 0 Å². The van der Waals surface area contributed by atoms with Gasteiger partial charge in [-0.15, -0.1) is 0 Å². The molecule has 1 fully saturated rings. The van der Waals surface area contributed by atoms with Crippen molar-refractivity contribution in [2.75, 3.05) is 23.3 Å². The number of aliphatic hydroxyl groups is 1. The highest BCUT2D eigenvalue weighted by molar-refractivity contribution is 5.90. The van der Waals surface area contributed by atoms with Gasteiger partial charge in [-0.2, -0.15) is 0 Å². The molecule has 0 saturated carbocycles. The zero-order chi connectivity index (χ0) is 14.4. The number of carbonyl (C=O) groups excluding carboxylic acids is 1. The maximum atomic E-state index is 11.6. The van der Waals surface area contributed by atoms with Crippen LogP contribution in [0.15, 0.2) is 18.3 Å². The number of aromatic nitrogens is 1. The molecule has 0 spiro atoms. The van der Waals surface area contributed by atoms with Crippen LogP contribution in [0, 0.1) is 0 Å². The predicted molar refractivity (Wildman–Crippen MR) is 79.8 cm³/mol. The Morgan fingerprint density at radius 1 is 1.40 bits per heavy atom. The zero-order valence-electron chi connectivity index (χ0n) is 12.0. The van der Waals surface area contributed by atoms with Crippen molar-refractivity contribution in [1.29, 1.82) is 0 Å². The van der Waals surface area contributed by atoms with Gasteiger partial charge in [-0.3, -0.25) is 4.79 Å². The molecule has 1 amide bonds. The van der Waals surface area contributed by atoms with Crippen LogP contribution in [-0.2, 0) is 4.79 Å². The lowest BCUT2D eigenvalue weighted by molar-refractivity contribution is -0.116. The van der Waals surface area contributed by atoms with Crippen molar-refractivity contribution >= 4 is 17.4 Å². The van der Waals surface area contributed by atoms with Gasteiger partial charge < -0.3 is 15.3 Å². The van der Waals surface area contributed by atoms with Gasteiger partial charge in [0.1, 0.15) is 5.82 Å². The Balaban J connectivity index is 1.86. The lowest BCUT2D eigenvalue weighted by Crippen LogP contribution is -2.30. The van der Waals surface area contributed by atoms with Crippen molar-refractivity contribution in [3.8, 4) is 0 Å². The highest BCUT2D eigenvalue weighted by atomic mass is 16.3. The van der Waals surface area contributed by atoms with Gasteiger partial charge in [-0.25, -0.2) is 4.98 Å². The number of aliphatic hydroxyl groups excluding tert-OH is 1. The van der Waals surface area contributed by atoms with Crippen molar-refractivity contribution in [2.45, 2.75) is 45.1 Å². The fourth-order valence-electron chi connectivity index (χ4n) is 2.33. The number of rotatable bonds is 5. The Morgan fingerprint density at radius 3 is 2.75 bits per heavy atom. The molecule has 1 aliphatic rings. The van der Waals surface area contributed by atoms with E-state index in [1.54, 1.807) is 13.1 Å². The van der Waals surface area contributed by atoms with E-state index in [-0.39, 0.29) is 5.91 Å². The summed E-state index contributed by atoms with van der Waals surface area (Å²) in [6, 6.07) is 3.84. The fraction of sp³-hybridized carbons (Fsp3) is 0.600. The lowest BCUT2D eigenvalue weighted by atomic mass is 10.1. The average Bonchev–Trinajstić information content (AvgIpc) is 2.47. The highest BCUT2D eigenvalue weighted by Gasteiger charge is 2.12. The average molecular weight is 277 g/mol. The first kappa shape index (κ1) is 14.8. The summed E-state index contributed by atoms with van der Waals surface area (Å²) in [4.78, 5) is 18.3. The monoisotopic (exact) mass is 277 g/mol. The summed E-state index contributed by atoms with van der Waals surface area (Å²) in [6.07, 6.45) is 5.80. The maximum absolute atomic E-state index is 11.6. The topological polar surface area (TPSA) is 65.5 Å². The Labute approximate surface area is 120 Å². The Hall–Kier alpha value is -1.62. The molecule has 2 heterocycles. The van der Waals surface area contributed by atoms with Crippen LogP contribution in [0.3, 0.4) is 0 Å². The van der Waals surface area contributed by atoms with Gasteiger partial charge in [0.2, 0.25) is 5.91 Å². The maximum Gasteiger partial charge on any atom is 0.224 e. The molecule has 110 valence electrons. The summed E-state index contributed by atoms with van der Waals surface area (Å²) < 4.78 is 0. The molecule has 5 nitrogen and oxygen atoms in total. The van der Waals surface area contributed by atoms with Crippen LogP contribution >= 0.6 is 0 Å². The van der Waals surface area contributed by atoms with Crippen LogP contribution < -0.4 is 10.2 Å². The molecule has 0 aromatic carbocycles. The molecule has 2 rings (SSSR count). The normalized spacial score (nSPS) is 16.8. The number of piperidine rings is 1. The van der Waals surface area contributed by atoms with Crippen molar-refractivity contribution in [3.63, 3.8) is 0 Å². The minimum Gasteiger partial charge on any atom is -0.393 e. The van der Waals surface area contributed by atoms with Gasteiger partial charge in [0, 0.05) is 19.5 Å². The van der Waals surface area contributed by atoms with Crippen LogP contribution in [0.4, 0.5) is 11.5 Å². The number of pyridine rings is 1. The number of hydrogen-bond donors (Lipinski definition) is 2. The quantitative estimate of drug-likeness (QED) is 0.865. The SMILES string of the molecule is CC(O)CCC(=O)Nc1ccc(N2CCCCC2)nc1. The third kappa shape index (κ3) is 4.49. The molecule has 1 aromatic rings. The Kier molecular flexibility index (Phi) is 5.35. The number of hydrogen-bond acceptors (Lipinski definition) is 4. The molecular formula is C15H23N3O2. The van der Waals surface area contributed by atoms with E-state index in [1.807, 2.05) is 12.1 Å². The highest BCUT2D eigenvalue weighted by Crippen LogP contribution is 2.19. The first-order chi connectivity index (χ1) is 9.65. The second-order valence-corrected chi connectivity index (χ2v) is 5.39. The van der Waals surface area contributed by atoms with E-state index in [9.17, 15) is 4.79 Å². The predicted octanol–water partition coefficient (Wildman–Crippen LogP) is 2.17. The Bertz CT molecular complexity index is 425. The Morgan fingerprint density at radius 2 is 2.15 bits per heavy atom. The third-order valence-corrected chi connectivity index (χ3v) is 3.50. The van der Waals surface area contributed by atoms with Crippen LogP contribution in [-0.4, -0.2) is 35.2 Å². The summed E-state index contributed by atoms with van der Waals surface area (Å²) >= 11 is 0. The van der Waals surface area contributed by atoms with E-state index in [1.165, 1.54) is 19.3 Å².